The quantitative estimate of drug-likeness (QED) is 0.535. The number of fused-ring (bicyclic) bond motifs is 1. The number of pyridine rings is 1. The van der Waals surface area contributed by atoms with E-state index in [0.29, 0.717) is 24.4 Å². The second kappa shape index (κ2) is 6.48. The summed E-state index contributed by atoms with van der Waals surface area (Å²) in [6.45, 7) is 2.87. The van der Waals surface area contributed by atoms with Gasteiger partial charge in [-0.25, -0.2) is 9.78 Å². The zero-order valence-corrected chi connectivity index (χ0v) is 14.3. The van der Waals surface area contributed by atoms with Gasteiger partial charge in [-0.2, -0.15) is 0 Å². The van der Waals surface area contributed by atoms with Crippen molar-refractivity contribution in [2.24, 2.45) is 0 Å². The van der Waals surface area contributed by atoms with Crippen LogP contribution in [-0.2, 0) is 4.74 Å². The average molecular weight is 347 g/mol. The lowest BCUT2D eigenvalue weighted by atomic mass is 10.1. The minimum absolute atomic E-state index is 0.138. The summed E-state index contributed by atoms with van der Waals surface area (Å²) in [7, 11) is 0. The molecule has 1 fully saturated rings. The molecule has 0 bridgehead atoms. The third kappa shape index (κ3) is 2.97. The highest BCUT2D eigenvalue weighted by molar-refractivity contribution is 6.07. The molecule has 0 saturated carbocycles. The zero-order valence-electron chi connectivity index (χ0n) is 14.3. The summed E-state index contributed by atoms with van der Waals surface area (Å²) in [5.41, 5.74) is 3.98. The van der Waals surface area contributed by atoms with Gasteiger partial charge in [0.1, 0.15) is 12.3 Å². The normalized spacial score (nSPS) is 14.3. The number of amides is 1. The third-order valence-electron chi connectivity index (χ3n) is 4.31. The van der Waals surface area contributed by atoms with Gasteiger partial charge in [0.25, 0.3) is 0 Å². The molecule has 0 N–H and O–H groups in total. The summed E-state index contributed by atoms with van der Waals surface area (Å²) in [5.74, 6) is -0.138. The van der Waals surface area contributed by atoms with E-state index in [9.17, 15) is 9.59 Å². The summed E-state index contributed by atoms with van der Waals surface area (Å²) >= 11 is 0. The summed E-state index contributed by atoms with van der Waals surface area (Å²) in [6.07, 6.45) is 6.54. The first-order valence-corrected chi connectivity index (χ1v) is 8.32. The number of benzene rings is 1. The van der Waals surface area contributed by atoms with Gasteiger partial charge in [-0.05, 0) is 48.9 Å². The van der Waals surface area contributed by atoms with Gasteiger partial charge >= 0.3 is 6.09 Å². The van der Waals surface area contributed by atoms with Crippen molar-refractivity contribution in [3.8, 4) is 0 Å². The fraction of sp³-hybridized carbons (Fsp3) is 0.150. The standard InChI is InChI=1S/C20H17N3O3/c1-14-7-8-22-17(13-21-19(22)11-14)5-6-18(24)15-3-2-4-16(12-15)23-9-10-26-20(23)25/h2-8,11-13H,9-10H2,1H3. The highest BCUT2D eigenvalue weighted by Gasteiger charge is 2.23. The second-order valence-electron chi connectivity index (χ2n) is 6.13. The van der Waals surface area contributed by atoms with E-state index in [0.717, 1.165) is 16.9 Å². The monoisotopic (exact) mass is 347 g/mol. The minimum atomic E-state index is -0.383. The van der Waals surface area contributed by atoms with E-state index >= 15 is 0 Å². The number of nitrogens with zero attached hydrogens (tertiary/aromatic N) is 3. The van der Waals surface area contributed by atoms with Crippen LogP contribution in [0.5, 0.6) is 0 Å². The molecule has 1 aliphatic rings. The number of ketones is 1. The molecule has 1 aromatic carbocycles. The van der Waals surface area contributed by atoms with Crippen molar-refractivity contribution in [2.75, 3.05) is 18.1 Å². The zero-order chi connectivity index (χ0) is 18.1. The van der Waals surface area contributed by atoms with E-state index in [1.807, 2.05) is 29.7 Å². The number of anilines is 1. The smallest absolute Gasteiger partial charge is 0.414 e. The van der Waals surface area contributed by atoms with E-state index in [1.165, 1.54) is 11.0 Å². The molecule has 0 atom stereocenters. The Morgan fingerprint density at radius 2 is 2.15 bits per heavy atom. The number of allylic oxidation sites excluding steroid dienone is 1. The van der Waals surface area contributed by atoms with Gasteiger partial charge in [-0.15, -0.1) is 0 Å². The Morgan fingerprint density at radius 1 is 1.27 bits per heavy atom. The third-order valence-corrected chi connectivity index (χ3v) is 4.31. The van der Waals surface area contributed by atoms with Crippen LogP contribution in [0.3, 0.4) is 0 Å². The van der Waals surface area contributed by atoms with Gasteiger partial charge in [0.15, 0.2) is 5.78 Å². The van der Waals surface area contributed by atoms with Gasteiger partial charge in [0.05, 0.1) is 18.4 Å². The summed E-state index contributed by atoms with van der Waals surface area (Å²) in [4.78, 5) is 30.1. The van der Waals surface area contributed by atoms with Crippen LogP contribution < -0.4 is 4.90 Å². The van der Waals surface area contributed by atoms with Gasteiger partial charge < -0.3 is 9.14 Å². The number of carbonyl (C=O) groups excluding carboxylic acids is 2. The molecule has 3 aromatic rings. The molecule has 1 aliphatic heterocycles. The van der Waals surface area contributed by atoms with Crippen molar-refractivity contribution < 1.29 is 14.3 Å². The SMILES string of the molecule is Cc1ccn2c(C=CC(=O)c3cccc(N4CCOC4=O)c3)cnc2c1. The van der Waals surface area contributed by atoms with E-state index < -0.39 is 0 Å². The largest absolute Gasteiger partial charge is 0.447 e. The van der Waals surface area contributed by atoms with E-state index in [-0.39, 0.29) is 11.9 Å². The first kappa shape index (κ1) is 16.1. The number of ether oxygens (including phenoxy) is 1. The Bertz CT molecular complexity index is 1040. The molecule has 26 heavy (non-hydrogen) atoms. The molecule has 0 unspecified atom stereocenters. The fourth-order valence-electron chi connectivity index (χ4n) is 2.94. The maximum atomic E-state index is 12.5. The molecule has 1 saturated heterocycles. The van der Waals surface area contributed by atoms with Crippen molar-refractivity contribution in [1.29, 1.82) is 0 Å². The molecule has 4 rings (SSSR count). The Kier molecular flexibility index (Phi) is 4.01. The topological polar surface area (TPSA) is 63.9 Å². The van der Waals surface area contributed by atoms with Crippen LogP contribution in [0.2, 0.25) is 0 Å². The number of hydrogen-bond donors (Lipinski definition) is 0. The van der Waals surface area contributed by atoms with Crippen molar-refractivity contribution >= 4 is 29.3 Å². The van der Waals surface area contributed by atoms with Crippen LogP contribution in [0.15, 0.2) is 54.9 Å². The lowest BCUT2D eigenvalue weighted by Gasteiger charge is -2.13. The van der Waals surface area contributed by atoms with Crippen LogP contribution in [0, 0.1) is 6.92 Å². The van der Waals surface area contributed by atoms with Crippen LogP contribution >= 0.6 is 0 Å². The van der Waals surface area contributed by atoms with E-state index in [2.05, 4.69) is 4.98 Å². The Balaban J connectivity index is 1.57. The number of cyclic esters (lactones) is 1. The van der Waals surface area contributed by atoms with Gasteiger partial charge in [0, 0.05) is 17.4 Å². The highest BCUT2D eigenvalue weighted by atomic mass is 16.6. The molecular formula is C20H17N3O3. The number of aromatic nitrogens is 2. The van der Waals surface area contributed by atoms with Crippen molar-refractivity contribution in [1.82, 2.24) is 9.38 Å². The molecule has 0 radical (unpaired) electrons. The van der Waals surface area contributed by atoms with E-state index in [4.69, 9.17) is 4.74 Å². The van der Waals surface area contributed by atoms with Gasteiger partial charge in [-0.3, -0.25) is 9.69 Å². The van der Waals surface area contributed by atoms with Gasteiger partial charge in [0.2, 0.25) is 0 Å². The second-order valence-corrected chi connectivity index (χ2v) is 6.13. The average Bonchev–Trinajstić information content (AvgIpc) is 3.25. The predicted molar refractivity (Wildman–Crippen MR) is 98.4 cm³/mol. The predicted octanol–water partition coefficient (Wildman–Crippen LogP) is 3.50. The summed E-state index contributed by atoms with van der Waals surface area (Å²) < 4.78 is 6.87. The van der Waals surface area contributed by atoms with Gasteiger partial charge in [-0.1, -0.05) is 12.1 Å². The number of rotatable bonds is 4. The molecule has 1 amide bonds. The molecule has 0 aliphatic carbocycles. The minimum Gasteiger partial charge on any atom is -0.447 e. The van der Waals surface area contributed by atoms with Crippen LogP contribution in [0.4, 0.5) is 10.5 Å². The summed E-state index contributed by atoms with van der Waals surface area (Å²) in [5, 5.41) is 0. The van der Waals surface area contributed by atoms with Crippen molar-refractivity contribution in [2.45, 2.75) is 6.92 Å². The molecule has 3 heterocycles. The highest BCUT2D eigenvalue weighted by Crippen LogP contribution is 2.20. The molecule has 6 nitrogen and oxygen atoms in total. The van der Waals surface area contributed by atoms with Crippen LogP contribution in [0.25, 0.3) is 11.7 Å². The maximum absolute atomic E-state index is 12.5. The number of aryl methyl sites for hydroxylation is 1. The molecular weight excluding hydrogens is 330 g/mol. The number of imidazole rings is 1. The molecule has 2 aromatic heterocycles. The molecule has 0 spiro atoms. The maximum Gasteiger partial charge on any atom is 0.414 e. The molecule has 6 heteroatoms. The lowest BCUT2D eigenvalue weighted by molar-refractivity contribution is 0.104. The van der Waals surface area contributed by atoms with E-state index in [1.54, 1.807) is 36.5 Å². The molecule has 130 valence electrons. The summed E-state index contributed by atoms with van der Waals surface area (Å²) in [6, 6.07) is 11.0. The Labute approximate surface area is 150 Å². The van der Waals surface area contributed by atoms with Crippen LogP contribution in [0.1, 0.15) is 21.6 Å². The Hall–Kier alpha value is -3.41. The number of carbonyl (C=O) groups is 2. The number of hydrogen-bond acceptors (Lipinski definition) is 4. The fourth-order valence-corrected chi connectivity index (χ4v) is 2.94. The first-order valence-electron chi connectivity index (χ1n) is 8.32. The van der Waals surface area contributed by atoms with Crippen LogP contribution in [-0.4, -0.2) is 34.4 Å². The Morgan fingerprint density at radius 3 is 2.96 bits per heavy atom. The first-order chi connectivity index (χ1) is 12.6. The lowest BCUT2D eigenvalue weighted by Crippen LogP contribution is -2.23. The van der Waals surface area contributed by atoms with Crippen molar-refractivity contribution in [3.05, 3.63) is 71.7 Å². The van der Waals surface area contributed by atoms with Crippen molar-refractivity contribution in [3.63, 3.8) is 0 Å².